The fourth-order valence-electron chi connectivity index (χ4n) is 2.47. The average Bonchev–Trinajstić information content (AvgIpc) is 2.61. The van der Waals surface area contributed by atoms with Crippen LogP contribution in [0.4, 0.5) is 5.69 Å². The Morgan fingerprint density at radius 3 is 2.32 bits per heavy atom. The van der Waals surface area contributed by atoms with Crippen molar-refractivity contribution < 1.29 is 4.79 Å². The van der Waals surface area contributed by atoms with Crippen molar-refractivity contribution in [3.8, 4) is 0 Å². The first kappa shape index (κ1) is 15.5. The van der Waals surface area contributed by atoms with Gasteiger partial charge in [0.05, 0.1) is 11.8 Å². The Kier molecular flexibility index (Phi) is 5.46. The SMILES string of the molecule is O=C(C1CSCCS1)N(Cc1ccccc1)c1ccccc1. The number of carbonyl (C=O) groups is 1. The third kappa shape index (κ3) is 3.87. The van der Waals surface area contributed by atoms with Crippen LogP contribution in [0, 0.1) is 0 Å². The van der Waals surface area contributed by atoms with Gasteiger partial charge in [-0.15, -0.1) is 11.8 Å². The molecule has 4 heteroatoms. The van der Waals surface area contributed by atoms with E-state index in [-0.39, 0.29) is 11.2 Å². The summed E-state index contributed by atoms with van der Waals surface area (Å²) in [6.07, 6.45) is 0. The van der Waals surface area contributed by atoms with Gasteiger partial charge in [-0.05, 0) is 17.7 Å². The summed E-state index contributed by atoms with van der Waals surface area (Å²) in [7, 11) is 0. The van der Waals surface area contributed by atoms with E-state index in [0.717, 1.165) is 28.5 Å². The van der Waals surface area contributed by atoms with Crippen LogP contribution >= 0.6 is 23.5 Å². The smallest absolute Gasteiger partial charge is 0.241 e. The van der Waals surface area contributed by atoms with E-state index in [1.165, 1.54) is 0 Å². The Morgan fingerprint density at radius 1 is 1.00 bits per heavy atom. The molecule has 2 aromatic carbocycles. The van der Waals surface area contributed by atoms with E-state index in [1.807, 2.05) is 65.2 Å². The number of rotatable bonds is 4. The van der Waals surface area contributed by atoms with Gasteiger partial charge in [0.15, 0.2) is 0 Å². The molecule has 1 aliphatic rings. The van der Waals surface area contributed by atoms with E-state index in [2.05, 4.69) is 12.1 Å². The van der Waals surface area contributed by atoms with Gasteiger partial charge in [-0.2, -0.15) is 11.8 Å². The lowest BCUT2D eigenvalue weighted by atomic mass is 10.2. The van der Waals surface area contributed by atoms with Gasteiger partial charge in [0.25, 0.3) is 0 Å². The molecule has 1 aliphatic heterocycles. The van der Waals surface area contributed by atoms with Gasteiger partial charge in [-0.25, -0.2) is 0 Å². The fraction of sp³-hybridized carbons (Fsp3) is 0.278. The summed E-state index contributed by atoms with van der Waals surface area (Å²) in [4.78, 5) is 14.9. The van der Waals surface area contributed by atoms with Gasteiger partial charge in [0.2, 0.25) is 5.91 Å². The minimum Gasteiger partial charge on any atom is -0.307 e. The van der Waals surface area contributed by atoms with Gasteiger partial charge < -0.3 is 4.90 Å². The Hall–Kier alpha value is -1.39. The predicted octanol–water partition coefficient (Wildman–Crippen LogP) is 4.07. The molecule has 1 amide bonds. The minimum atomic E-state index is 0.0719. The van der Waals surface area contributed by atoms with Crippen molar-refractivity contribution in [2.45, 2.75) is 11.8 Å². The van der Waals surface area contributed by atoms with Crippen molar-refractivity contribution in [2.24, 2.45) is 0 Å². The van der Waals surface area contributed by atoms with Crippen molar-refractivity contribution in [1.29, 1.82) is 0 Å². The van der Waals surface area contributed by atoms with Crippen LogP contribution in [0.2, 0.25) is 0 Å². The second-order valence-electron chi connectivity index (χ2n) is 5.18. The van der Waals surface area contributed by atoms with E-state index >= 15 is 0 Å². The normalized spacial score (nSPS) is 17.9. The number of nitrogens with zero attached hydrogens (tertiary/aromatic N) is 1. The molecular formula is C18H19NOS2. The standard InChI is InChI=1S/C18H19NOS2/c20-18(17-14-21-11-12-22-17)19(16-9-5-2-6-10-16)13-15-7-3-1-4-8-15/h1-10,17H,11-14H2. The lowest BCUT2D eigenvalue weighted by Crippen LogP contribution is -2.40. The summed E-state index contributed by atoms with van der Waals surface area (Å²) < 4.78 is 0. The number of thioether (sulfide) groups is 2. The zero-order valence-electron chi connectivity index (χ0n) is 12.4. The molecular weight excluding hydrogens is 310 g/mol. The molecule has 1 atom stereocenters. The molecule has 3 rings (SSSR count). The number of benzene rings is 2. The van der Waals surface area contributed by atoms with Gasteiger partial charge >= 0.3 is 0 Å². The molecule has 0 N–H and O–H groups in total. The Bertz CT molecular complexity index is 597. The van der Waals surface area contributed by atoms with Crippen LogP contribution in [0.15, 0.2) is 60.7 Å². The summed E-state index contributed by atoms with van der Waals surface area (Å²) in [5.41, 5.74) is 2.14. The topological polar surface area (TPSA) is 20.3 Å². The maximum atomic E-state index is 13.0. The van der Waals surface area contributed by atoms with Gasteiger partial charge in [-0.3, -0.25) is 4.79 Å². The fourth-order valence-corrected chi connectivity index (χ4v) is 5.08. The van der Waals surface area contributed by atoms with E-state index in [9.17, 15) is 4.79 Å². The van der Waals surface area contributed by atoms with Crippen molar-refractivity contribution in [3.63, 3.8) is 0 Å². The molecule has 0 aliphatic carbocycles. The van der Waals surface area contributed by atoms with Crippen LogP contribution in [-0.2, 0) is 11.3 Å². The molecule has 22 heavy (non-hydrogen) atoms. The first-order valence-corrected chi connectivity index (χ1v) is 9.64. The zero-order chi connectivity index (χ0) is 15.2. The van der Waals surface area contributed by atoms with Crippen LogP contribution in [0.5, 0.6) is 0 Å². The van der Waals surface area contributed by atoms with E-state index in [4.69, 9.17) is 0 Å². The predicted molar refractivity (Wildman–Crippen MR) is 97.6 cm³/mol. The van der Waals surface area contributed by atoms with Gasteiger partial charge in [0, 0.05) is 22.9 Å². The number of anilines is 1. The summed E-state index contributed by atoms with van der Waals surface area (Å²) in [5.74, 6) is 3.36. The number of para-hydroxylation sites is 1. The zero-order valence-corrected chi connectivity index (χ0v) is 14.0. The first-order valence-electron chi connectivity index (χ1n) is 7.44. The minimum absolute atomic E-state index is 0.0719. The van der Waals surface area contributed by atoms with E-state index in [0.29, 0.717) is 6.54 Å². The third-order valence-electron chi connectivity index (χ3n) is 3.61. The third-order valence-corrected chi connectivity index (χ3v) is 6.35. The number of amides is 1. The van der Waals surface area contributed by atoms with E-state index in [1.54, 1.807) is 11.8 Å². The van der Waals surface area contributed by atoms with Crippen LogP contribution in [0.1, 0.15) is 5.56 Å². The molecule has 114 valence electrons. The van der Waals surface area contributed by atoms with Crippen molar-refractivity contribution in [1.82, 2.24) is 0 Å². The highest BCUT2D eigenvalue weighted by molar-refractivity contribution is 8.07. The second-order valence-corrected chi connectivity index (χ2v) is 7.64. The maximum Gasteiger partial charge on any atom is 0.241 e. The molecule has 2 nitrogen and oxygen atoms in total. The molecule has 0 aromatic heterocycles. The lowest BCUT2D eigenvalue weighted by Gasteiger charge is -2.29. The summed E-state index contributed by atoms with van der Waals surface area (Å²) in [5, 5.41) is 0.0719. The Labute approximate surface area is 140 Å². The molecule has 0 spiro atoms. The first-order chi connectivity index (χ1) is 10.8. The van der Waals surface area contributed by atoms with Crippen molar-refractivity contribution in [3.05, 3.63) is 66.2 Å². The maximum absolute atomic E-state index is 13.0. The van der Waals surface area contributed by atoms with Crippen LogP contribution in [-0.4, -0.2) is 28.4 Å². The molecule has 1 unspecified atom stereocenters. The van der Waals surface area contributed by atoms with Crippen molar-refractivity contribution in [2.75, 3.05) is 22.2 Å². The molecule has 2 aromatic rings. The highest BCUT2D eigenvalue weighted by Crippen LogP contribution is 2.28. The highest BCUT2D eigenvalue weighted by Gasteiger charge is 2.27. The number of carbonyl (C=O) groups excluding carboxylic acids is 1. The lowest BCUT2D eigenvalue weighted by molar-refractivity contribution is -0.117. The molecule has 1 saturated heterocycles. The number of hydrogen-bond donors (Lipinski definition) is 0. The van der Waals surface area contributed by atoms with Crippen LogP contribution in [0.3, 0.4) is 0 Å². The van der Waals surface area contributed by atoms with Gasteiger partial charge in [0.1, 0.15) is 0 Å². The van der Waals surface area contributed by atoms with E-state index < -0.39 is 0 Å². The van der Waals surface area contributed by atoms with Gasteiger partial charge in [-0.1, -0.05) is 48.5 Å². The van der Waals surface area contributed by atoms with Crippen LogP contribution in [0.25, 0.3) is 0 Å². The molecule has 1 fully saturated rings. The number of hydrogen-bond acceptors (Lipinski definition) is 3. The Balaban J connectivity index is 1.84. The molecule has 0 radical (unpaired) electrons. The molecule has 0 bridgehead atoms. The largest absolute Gasteiger partial charge is 0.307 e. The Morgan fingerprint density at radius 2 is 1.68 bits per heavy atom. The average molecular weight is 329 g/mol. The second kappa shape index (κ2) is 7.75. The summed E-state index contributed by atoms with van der Waals surface area (Å²) in [6.45, 7) is 0.630. The van der Waals surface area contributed by atoms with Crippen LogP contribution < -0.4 is 4.90 Å². The molecule has 1 heterocycles. The molecule has 0 saturated carbocycles. The van der Waals surface area contributed by atoms with Crippen molar-refractivity contribution >= 4 is 35.1 Å². The monoisotopic (exact) mass is 329 g/mol. The highest BCUT2D eigenvalue weighted by atomic mass is 32.2. The quantitative estimate of drug-likeness (QED) is 0.843. The summed E-state index contributed by atoms with van der Waals surface area (Å²) >= 11 is 3.67. The summed E-state index contributed by atoms with van der Waals surface area (Å²) in [6, 6.07) is 20.2.